The molecule has 0 amide bonds. The summed E-state index contributed by atoms with van der Waals surface area (Å²) in [6, 6.07) is 25.9. The van der Waals surface area contributed by atoms with Crippen LogP contribution in [0.5, 0.6) is 0 Å². The Labute approximate surface area is 158 Å². The number of hydrogen-bond acceptors (Lipinski definition) is 2. The monoisotopic (exact) mass is 365 g/mol. The van der Waals surface area contributed by atoms with Gasteiger partial charge < -0.3 is 5.32 Å². The van der Waals surface area contributed by atoms with Gasteiger partial charge in [-0.15, -0.1) is 0 Å². The predicted octanol–water partition coefficient (Wildman–Crippen LogP) is 5.92. The van der Waals surface area contributed by atoms with E-state index in [9.17, 15) is 0 Å². The van der Waals surface area contributed by atoms with E-state index >= 15 is 0 Å². The minimum absolute atomic E-state index is 0.312. The summed E-state index contributed by atoms with van der Waals surface area (Å²) < 4.78 is 0. The Morgan fingerprint density at radius 2 is 1.72 bits per heavy atom. The zero-order chi connectivity index (χ0) is 17.1. The van der Waals surface area contributed by atoms with Crippen molar-refractivity contribution in [3.63, 3.8) is 0 Å². The number of benzene rings is 3. The van der Waals surface area contributed by atoms with Gasteiger partial charge in [0.15, 0.2) is 0 Å². The largest absolute Gasteiger partial charge is 0.309 e. The average Bonchev–Trinajstić information content (AvgIpc) is 2.79. The van der Waals surface area contributed by atoms with E-state index in [-0.39, 0.29) is 0 Å². The first-order valence-electron chi connectivity index (χ1n) is 8.62. The quantitative estimate of drug-likeness (QED) is 0.615. The summed E-state index contributed by atoms with van der Waals surface area (Å²) in [5.74, 6) is 0. The average molecular weight is 366 g/mol. The molecule has 0 saturated carbocycles. The molecule has 4 rings (SSSR count). The molecule has 1 nitrogen and oxygen atoms in total. The van der Waals surface area contributed by atoms with Crippen LogP contribution in [-0.2, 0) is 12.8 Å². The molecule has 0 bridgehead atoms. The van der Waals surface area contributed by atoms with E-state index in [1.54, 1.807) is 0 Å². The van der Waals surface area contributed by atoms with Crippen LogP contribution >= 0.6 is 23.4 Å². The molecule has 25 heavy (non-hydrogen) atoms. The Balaban J connectivity index is 1.57. The Hall–Kier alpha value is -1.74. The Morgan fingerprint density at radius 3 is 2.60 bits per heavy atom. The fourth-order valence-electron chi connectivity index (χ4n) is 3.33. The normalized spacial score (nSPS) is 16.0. The maximum atomic E-state index is 6.24. The van der Waals surface area contributed by atoms with Crippen LogP contribution in [0.3, 0.4) is 0 Å². The first-order chi connectivity index (χ1) is 12.3. The van der Waals surface area contributed by atoms with Gasteiger partial charge in [0.2, 0.25) is 0 Å². The van der Waals surface area contributed by atoms with Gasteiger partial charge in [0, 0.05) is 20.9 Å². The summed E-state index contributed by atoms with van der Waals surface area (Å²) in [6.07, 6.45) is 2.00. The Morgan fingerprint density at radius 1 is 0.920 bits per heavy atom. The van der Waals surface area contributed by atoms with Crippen molar-refractivity contribution in [1.82, 2.24) is 5.32 Å². The molecule has 0 aromatic heterocycles. The van der Waals surface area contributed by atoms with Gasteiger partial charge in [-0.1, -0.05) is 71.9 Å². The highest BCUT2D eigenvalue weighted by molar-refractivity contribution is 7.99. The van der Waals surface area contributed by atoms with Crippen molar-refractivity contribution in [3.05, 3.63) is 94.5 Å². The summed E-state index contributed by atoms with van der Waals surface area (Å²) in [5.41, 5.74) is 4.08. The number of rotatable bonds is 4. The topological polar surface area (TPSA) is 12.0 Å². The molecule has 3 heteroatoms. The maximum absolute atomic E-state index is 6.24. The highest BCUT2D eigenvalue weighted by atomic mass is 35.5. The molecule has 126 valence electrons. The highest BCUT2D eigenvalue weighted by Crippen LogP contribution is 2.41. The summed E-state index contributed by atoms with van der Waals surface area (Å²) >= 11 is 8.09. The molecule has 3 aromatic rings. The predicted molar refractivity (Wildman–Crippen MR) is 107 cm³/mol. The Kier molecular flexibility index (Phi) is 5.12. The molecule has 1 N–H and O–H groups in total. The molecule has 1 unspecified atom stereocenters. The van der Waals surface area contributed by atoms with Crippen LogP contribution < -0.4 is 5.32 Å². The fraction of sp³-hybridized carbons (Fsp3) is 0.182. The maximum Gasteiger partial charge on any atom is 0.0409 e. The number of fused-ring (bicyclic) bond motifs is 2. The summed E-state index contributed by atoms with van der Waals surface area (Å²) in [7, 11) is 0. The van der Waals surface area contributed by atoms with Crippen molar-refractivity contribution in [2.24, 2.45) is 0 Å². The third kappa shape index (κ3) is 3.92. The lowest BCUT2D eigenvalue weighted by Crippen LogP contribution is -2.25. The molecular formula is C22H20ClNS. The van der Waals surface area contributed by atoms with E-state index in [0.717, 1.165) is 24.4 Å². The lowest BCUT2D eigenvalue weighted by Gasteiger charge is -2.19. The lowest BCUT2D eigenvalue weighted by molar-refractivity contribution is 0.526. The SMILES string of the molecule is Clc1ccc2c(c1)CC(NCCc1ccccc1)c1ccccc1S2. The summed E-state index contributed by atoms with van der Waals surface area (Å²) in [6.45, 7) is 0.962. The van der Waals surface area contributed by atoms with Crippen molar-refractivity contribution in [1.29, 1.82) is 0 Å². The summed E-state index contributed by atoms with van der Waals surface area (Å²) in [4.78, 5) is 2.64. The van der Waals surface area contributed by atoms with Crippen molar-refractivity contribution in [2.75, 3.05) is 6.54 Å². The molecule has 0 radical (unpaired) electrons. The van der Waals surface area contributed by atoms with Crippen molar-refractivity contribution in [2.45, 2.75) is 28.7 Å². The van der Waals surface area contributed by atoms with Crippen molar-refractivity contribution < 1.29 is 0 Å². The molecule has 3 aromatic carbocycles. The van der Waals surface area contributed by atoms with E-state index in [1.165, 1.54) is 26.5 Å². The first-order valence-corrected chi connectivity index (χ1v) is 9.81. The van der Waals surface area contributed by atoms with Crippen LogP contribution in [0, 0.1) is 0 Å². The van der Waals surface area contributed by atoms with Crippen LogP contribution in [0.2, 0.25) is 5.02 Å². The van der Waals surface area contributed by atoms with Gasteiger partial charge in [-0.25, -0.2) is 0 Å². The van der Waals surface area contributed by atoms with Gasteiger partial charge >= 0.3 is 0 Å². The van der Waals surface area contributed by atoms with Gasteiger partial charge in [0.05, 0.1) is 0 Å². The molecule has 0 saturated heterocycles. The summed E-state index contributed by atoms with van der Waals surface area (Å²) in [5, 5.41) is 4.58. The molecule has 1 atom stereocenters. The second-order valence-corrected chi connectivity index (χ2v) is 7.86. The molecule has 1 aliphatic rings. The number of hydrogen-bond donors (Lipinski definition) is 1. The molecule has 0 aliphatic carbocycles. The van der Waals surface area contributed by atoms with E-state index in [2.05, 4.69) is 72.0 Å². The van der Waals surface area contributed by atoms with Crippen LogP contribution in [-0.4, -0.2) is 6.54 Å². The standard InChI is InChI=1S/C22H20ClNS/c23-18-10-11-21-17(14-18)15-20(19-8-4-5-9-22(19)25-21)24-13-12-16-6-2-1-3-7-16/h1-11,14,20,24H,12-13,15H2. The molecule has 0 spiro atoms. The number of nitrogens with one attached hydrogen (secondary N) is 1. The number of halogens is 1. The molecular weight excluding hydrogens is 346 g/mol. The second kappa shape index (κ2) is 7.65. The van der Waals surface area contributed by atoms with Crippen LogP contribution in [0.15, 0.2) is 82.6 Å². The second-order valence-electron chi connectivity index (χ2n) is 6.34. The first kappa shape index (κ1) is 16.7. The Bertz CT molecular complexity index is 863. The van der Waals surface area contributed by atoms with Crippen LogP contribution in [0.25, 0.3) is 0 Å². The van der Waals surface area contributed by atoms with Gasteiger partial charge in [-0.05, 0) is 60.3 Å². The van der Waals surface area contributed by atoms with Gasteiger partial charge in [-0.2, -0.15) is 0 Å². The van der Waals surface area contributed by atoms with E-state index in [0.29, 0.717) is 6.04 Å². The van der Waals surface area contributed by atoms with Crippen molar-refractivity contribution in [3.8, 4) is 0 Å². The fourth-order valence-corrected chi connectivity index (χ4v) is 4.65. The molecule has 1 heterocycles. The zero-order valence-corrected chi connectivity index (χ0v) is 15.5. The van der Waals surface area contributed by atoms with Gasteiger partial charge in [-0.3, -0.25) is 0 Å². The molecule has 1 aliphatic heterocycles. The zero-order valence-electron chi connectivity index (χ0n) is 13.9. The van der Waals surface area contributed by atoms with Crippen LogP contribution in [0.1, 0.15) is 22.7 Å². The van der Waals surface area contributed by atoms with Crippen molar-refractivity contribution >= 4 is 23.4 Å². The third-order valence-corrected chi connectivity index (χ3v) is 6.05. The van der Waals surface area contributed by atoms with Crippen LogP contribution in [0.4, 0.5) is 0 Å². The minimum Gasteiger partial charge on any atom is -0.309 e. The van der Waals surface area contributed by atoms with E-state index in [4.69, 9.17) is 11.6 Å². The third-order valence-electron chi connectivity index (χ3n) is 4.61. The van der Waals surface area contributed by atoms with Gasteiger partial charge in [0.25, 0.3) is 0 Å². The lowest BCUT2D eigenvalue weighted by atomic mass is 9.98. The minimum atomic E-state index is 0.312. The van der Waals surface area contributed by atoms with E-state index in [1.807, 2.05) is 17.8 Å². The highest BCUT2D eigenvalue weighted by Gasteiger charge is 2.22. The smallest absolute Gasteiger partial charge is 0.0409 e. The molecule has 0 fully saturated rings. The van der Waals surface area contributed by atoms with Gasteiger partial charge in [0.1, 0.15) is 0 Å². The van der Waals surface area contributed by atoms with E-state index < -0.39 is 0 Å².